The maximum Gasteiger partial charge on any atom is 0.252 e. The van der Waals surface area contributed by atoms with Gasteiger partial charge in [-0.25, -0.2) is 4.39 Å². The number of carbonyl (C=O) groups is 1. The normalized spacial score (nSPS) is 12.9. The SMILES string of the molecule is CC(F)c1nn(C)cc1C(N)=O. The van der Waals surface area contributed by atoms with Gasteiger partial charge in [-0.05, 0) is 6.92 Å². The van der Waals surface area contributed by atoms with Gasteiger partial charge in [0.25, 0.3) is 5.91 Å². The zero-order valence-electron chi connectivity index (χ0n) is 6.91. The predicted molar refractivity (Wildman–Crippen MR) is 41.2 cm³/mol. The fourth-order valence-corrected chi connectivity index (χ4v) is 0.989. The van der Waals surface area contributed by atoms with Crippen molar-refractivity contribution < 1.29 is 9.18 Å². The number of halogens is 1. The van der Waals surface area contributed by atoms with Crippen molar-refractivity contribution in [3.8, 4) is 0 Å². The van der Waals surface area contributed by atoms with E-state index in [1.807, 2.05) is 0 Å². The number of amides is 1. The second kappa shape index (κ2) is 2.92. The van der Waals surface area contributed by atoms with Gasteiger partial charge in [0.15, 0.2) is 0 Å². The standard InChI is InChI=1S/C7H10FN3O/c1-4(8)6-5(7(9)12)3-11(2)10-6/h3-4H,1-2H3,(H2,9,12). The van der Waals surface area contributed by atoms with Crippen LogP contribution >= 0.6 is 0 Å². The second-order valence-corrected chi connectivity index (χ2v) is 2.58. The monoisotopic (exact) mass is 171 g/mol. The Morgan fingerprint density at radius 2 is 2.42 bits per heavy atom. The van der Waals surface area contributed by atoms with Crippen LogP contribution in [0.25, 0.3) is 0 Å². The third-order valence-corrected chi connectivity index (χ3v) is 1.50. The van der Waals surface area contributed by atoms with E-state index < -0.39 is 12.1 Å². The number of hydrogen-bond donors (Lipinski definition) is 1. The molecule has 1 heterocycles. The summed E-state index contributed by atoms with van der Waals surface area (Å²) in [5.74, 6) is -0.650. The first kappa shape index (κ1) is 8.70. The molecule has 0 aromatic carbocycles. The molecule has 1 unspecified atom stereocenters. The molecule has 0 aliphatic heterocycles. The van der Waals surface area contributed by atoms with Crippen LogP contribution in [0, 0.1) is 0 Å². The van der Waals surface area contributed by atoms with Crippen molar-refractivity contribution in [1.29, 1.82) is 0 Å². The van der Waals surface area contributed by atoms with Crippen LogP contribution in [0.1, 0.15) is 29.1 Å². The highest BCUT2D eigenvalue weighted by Gasteiger charge is 2.17. The Hall–Kier alpha value is -1.39. The molecule has 1 rings (SSSR count). The quantitative estimate of drug-likeness (QED) is 0.706. The van der Waals surface area contributed by atoms with Crippen molar-refractivity contribution in [3.63, 3.8) is 0 Å². The van der Waals surface area contributed by atoms with E-state index in [0.29, 0.717) is 0 Å². The van der Waals surface area contributed by atoms with Gasteiger partial charge < -0.3 is 5.73 Å². The van der Waals surface area contributed by atoms with Crippen LogP contribution in [0.4, 0.5) is 4.39 Å². The largest absolute Gasteiger partial charge is 0.365 e. The molecular formula is C7H10FN3O. The van der Waals surface area contributed by atoms with Crippen molar-refractivity contribution >= 4 is 5.91 Å². The van der Waals surface area contributed by atoms with Crippen molar-refractivity contribution in [3.05, 3.63) is 17.5 Å². The topological polar surface area (TPSA) is 60.9 Å². The number of rotatable bonds is 2. The summed E-state index contributed by atoms with van der Waals surface area (Å²) in [7, 11) is 1.61. The van der Waals surface area contributed by atoms with E-state index in [1.165, 1.54) is 17.8 Å². The first-order valence-corrected chi connectivity index (χ1v) is 3.49. The fraction of sp³-hybridized carbons (Fsp3) is 0.429. The van der Waals surface area contributed by atoms with Gasteiger partial charge in [0.1, 0.15) is 11.9 Å². The number of alkyl halides is 1. The summed E-state index contributed by atoms with van der Waals surface area (Å²) in [5.41, 5.74) is 5.25. The van der Waals surface area contributed by atoms with Crippen molar-refractivity contribution in [2.45, 2.75) is 13.1 Å². The zero-order valence-corrected chi connectivity index (χ0v) is 6.91. The lowest BCUT2D eigenvalue weighted by Crippen LogP contribution is -2.12. The van der Waals surface area contributed by atoms with Gasteiger partial charge in [0.05, 0.1) is 5.56 Å². The van der Waals surface area contributed by atoms with E-state index in [9.17, 15) is 9.18 Å². The van der Waals surface area contributed by atoms with Crippen LogP contribution in [-0.4, -0.2) is 15.7 Å². The Bertz CT molecular complexity index is 306. The Labute approximate surface area is 69.2 Å². The molecule has 4 nitrogen and oxygen atoms in total. The molecule has 0 saturated heterocycles. The number of primary amides is 1. The van der Waals surface area contributed by atoms with Crippen LogP contribution < -0.4 is 5.73 Å². The minimum absolute atomic E-state index is 0.102. The van der Waals surface area contributed by atoms with Crippen LogP contribution in [0.2, 0.25) is 0 Å². The minimum atomic E-state index is -1.27. The van der Waals surface area contributed by atoms with E-state index in [1.54, 1.807) is 7.05 Å². The summed E-state index contributed by atoms with van der Waals surface area (Å²) in [4.78, 5) is 10.7. The second-order valence-electron chi connectivity index (χ2n) is 2.58. The molecule has 0 spiro atoms. The fourth-order valence-electron chi connectivity index (χ4n) is 0.989. The molecule has 0 radical (unpaired) electrons. The average Bonchev–Trinajstić information content (AvgIpc) is 2.31. The molecule has 12 heavy (non-hydrogen) atoms. The van der Waals surface area contributed by atoms with E-state index in [-0.39, 0.29) is 11.3 Å². The van der Waals surface area contributed by atoms with Gasteiger partial charge in [0.2, 0.25) is 0 Å². The molecule has 66 valence electrons. The number of hydrogen-bond acceptors (Lipinski definition) is 2. The number of carbonyl (C=O) groups excluding carboxylic acids is 1. The van der Waals surface area contributed by atoms with Gasteiger partial charge in [0, 0.05) is 13.2 Å². The van der Waals surface area contributed by atoms with Crippen LogP contribution in [0.3, 0.4) is 0 Å². The lowest BCUT2D eigenvalue weighted by Gasteiger charge is -1.97. The highest BCUT2D eigenvalue weighted by atomic mass is 19.1. The third-order valence-electron chi connectivity index (χ3n) is 1.50. The smallest absolute Gasteiger partial charge is 0.252 e. The lowest BCUT2D eigenvalue weighted by atomic mass is 10.2. The molecular weight excluding hydrogens is 161 g/mol. The summed E-state index contributed by atoms with van der Waals surface area (Å²) < 4.78 is 14.2. The highest BCUT2D eigenvalue weighted by molar-refractivity contribution is 5.93. The first-order valence-electron chi connectivity index (χ1n) is 3.49. The Morgan fingerprint density at radius 3 is 2.75 bits per heavy atom. The van der Waals surface area contributed by atoms with Crippen molar-refractivity contribution in [2.24, 2.45) is 12.8 Å². The van der Waals surface area contributed by atoms with Crippen LogP contribution in [0.5, 0.6) is 0 Å². The van der Waals surface area contributed by atoms with Gasteiger partial charge in [-0.2, -0.15) is 5.10 Å². The summed E-state index contributed by atoms with van der Waals surface area (Å²) in [5, 5.41) is 3.77. The number of aryl methyl sites for hydroxylation is 1. The van der Waals surface area contributed by atoms with Crippen molar-refractivity contribution in [2.75, 3.05) is 0 Å². The molecule has 0 fully saturated rings. The maximum absolute atomic E-state index is 12.8. The molecule has 2 N–H and O–H groups in total. The van der Waals surface area contributed by atoms with Gasteiger partial charge in [-0.1, -0.05) is 0 Å². The molecule has 5 heteroatoms. The third kappa shape index (κ3) is 1.44. The molecule has 1 atom stereocenters. The first-order chi connectivity index (χ1) is 5.52. The summed E-state index contributed by atoms with van der Waals surface area (Å²) in [6.45, 7) is 1.31. The zero-order chi connectivity index (χ0) is 9.30. The maximum atomic E-state index is 12.8. The van der Waals surface area contributed by atoms with Gasteiger partial charge >= 0.3 is 0 Å². The molecule has 1 aromatic heterocycles. The molecule has 1 aromatic rings. The van der Waals surface area contributed by atoms with Gasteiger partial charge in [-0.3, -0.25) is 9.48 Å². The molecule has 0 saturated carbocycles. The van der Waals surface area contributed by atoms with E-state index in [0.717, 1.165) is 0 Å². The highest BCUT2D eigenvalue weighted by Crippen LogP contribution is 2.17. The summed E-state index contributed by atoms with van der Waals surface area (Å²) >= 11 is 0. The van der Waals surface area contributed by atoms with Gasteiger partial charge in [-0.15, -0.1) is 0 Å². The molecule has 0 aliphatic carbocycles. The van der Waals surface area contributed by atoms with E-state index in [2.05, 4.69) is 5.10 Å². The summed E-state index contributed by atoms with van der Waals surface area (Å²) in [6.07, 6.45) is 0.141. The number of nitrogens with two attached hydrogens (primary N) is 1. The summed E-state index contributed by atoms with van der Waals surface area (Å²) in [6, 6.07) is 0. The predicted octanol–water partition coefficient (Wildman–Crippen LogP) is 0.549. The Balaban J connectivity index is 3.17. The lowest BCUT2D eigenvalue weighted by molar-refractivity contribution is 0.0997. The van der Waals surface area contributed by atoms with Crippen molar-refractivity contribution in [1.82, 2.24) is 9.78 Å². The van der Waals surface area contributed by atoms with Crippen LogP contribution in [-0.2, 0) is 7.05 Å². The molecule has 0 aliphatic rings. The molecule has 0 bridgehead atoms. The average molecular weight is 171 g/mol. The van der Waals surface area contributed by atoms with E-state index >= 15 is 0 Å². The Morgan fingerprint density at radius 1 is 1.83 bits per heavy atom. The van der Waals surface area contributed by atoms with E-state index in [4.69, 9.17) is 5.73 Å². The number of nitrogens with zero attached hydrogens (tertiary/aromatic N) is 2. The minimum Gasteiger partial charge on any atom is -0.365 e. The Kier molecular flexibility index (Phi) is 2.12. The van der Waals surface area contributed by atoms with Crippen LogP contribution in [0.15, 0.2) is 6.20 Å². The number of aromatic nitrogens is 2. The molecule has 1 amide bonds.